The lowest BCUT2D eigenvalue weighted by molar-refractivity contribution is -0.115. The number of rotatable bonds is 3. The molecule has 3 aromatic rings. The number of fused-ring (bicyclic) bond motifs is 1. The van der Waals surface area contributed by atoms with Crippen LogP contribution in [0.5, 0.6) is 0 Å². The maximum Gasteiger partial charge on any atom is 0.228 e. The molecule has 22 heavy (non-hydrogen) atoms. The van der Waals surface area contributed by atoms with E-state index in [1.807, 2.05) is 51.4 Å². The molecule has 1 heterocycles. The van der Waals surface area contributed by atoms with Crippen molar-refractivity contribution in [1.29, 1.82) is 0 Å². The molecule has 0 radical (unpaired) electrons. The minimum absolute atomic E-state index is 0.0186. The highest BCUT2D eigenvalue weighted by Crippen LogP contribution is 2.22. The Kier molecular flexibility index (Phi) is 3.72. The van der Waals surface area contributed by atoms with Crippen LogP contribution in [0.25, 0.3) is 10.9 Å². The summed E-state index contributed by atoms with van der Waals surface area (Å²) in [4.78, 5) is 12.4. The first-order chi connectivity index (χ1) is 10.5. The third-order valence-corrected chi connectivity index (χ3v) is 4.00. The van der Waals surface area contributed by atoms with E-state index >= 15 is 0 Å². The monoisotopic (exact) mass is 292 g/mol. The molecule has 0 aliphatic rings. The molecule has 1 amide bonds. The molecule has 0 unspecified atom stereocenters. The molecule has 1 N–H and O–H groups in total. The number of carbonyl (C=O) groups excluding carboxylic acids is 1. The number of hydrogen-bond acceptors (Lipinski definition) is 1. The van der Waals surface area contributed by atoms with Gasteiger partial charge in [-0.3, -0.25) is 4.79 Å². The molecule has 3 nitrogen and oxygen atoms in total. The molecule has 0 aliphatic heterocycles. The second kappa shape index (κ2) is 5.68. The summed E-state index contributed by atoms with van der Waals surface area (Å²) < 4.78 is 2.07. The topological polar surface area (TPSA) is 34.0 Å². The Morgan fingerprint density at radius 2 is 1.91 bits per heavy atom. The number of aromatic nitrogens is 1. The molecule has 112 valence electrons. The minimum Gasteiger partial charge on any atom is -0.350 e. The quantitative estimate of drug-likeness (QED) is 0.778. The van der Waals surface area contributed by atoms with Crippen LogP contribution in [0, 0.1) is 13.8 Å². The van der Waals surface area contributed by atoms with E-state index in [1.165, 1.54) is 0 Å². The summed E-state index contributed by atoms with van der Waals surface area (Å²) in [5.74, 6) is 0.0186. The predicted molar refractivity (Wildman–Crippen MR) is 91.2 cm³/mol. The maximum absolute atomic E-state index is 12.4. The summed E-state index contributed by atoms with van der Waals surface area (Å²) in [6.07, 6.45) is 2.42. The van der Waals surface area contributed by atoms with Crippen LogP contribution in [0.15, 0.2) is 48.7 Å². The van der Waals surface area contributed by atoms with Crippen LogP contribution >= 0.6 is 0 Å². The molecule has 0 aliphatic carbocycles. The number of anilines is 1. The van der Waals surface area contributed by atoms with Crippen LogP contribution in [0.4, 0.5) is 5.69 Å². The van der Waals surface area contributed by atoms with E-state index in [-0.39, 0.29) is 5.91 Å². The van der Waals surface area contributed by atoms with E-state index < -0.39 is 0 Å². The molecule has 0 saturated heterocycles. The van der Waals surface area contributed by atoms with Gasteiger partial charge in [0.25, 0.3) is 0 Å². The summed E-state index contributed by atoms with van der Waals surface area (Å²) in [6, 6.07) is 14.3. The van der Waals surface area contributed by atoms with Gasteiger partial charge in [-0.05, 0) is 42.7 Å². The van der Waals surface area contributed by atoms with Gasteiger partial charge in [-0.2, -0.15) is 0 Å². The number of aryl methyl sites for hydroxylation is 3. The Bertz CT molecular complexity index is 846. The van der Waals surface area contributed by atoms with Crippen LogP contribution in [0.1, 0.15) is 16.7 Å². The summed E-state index contributed by atoms with van der Waals surface area (Å²) in [5, 5.41) is 4.17. The van der Waals surface area contributed by atoms with E-state index in [9.17, 15) is 4.79 Å². The fourth-order valence-corrected chi connectivity index (χ4v) is 2.80. The lowest BCUT2D eigenvalue weighted by atomic mass is 10.1. The van der Waals surface area contributed by atoms with Crippen LogP contribution < -0.4 is 5.32 Å². The van der Waals surface area contributed by atoms with E-state index in [0.29, 0.717) is 6.42 Å². The average molecular weight is 292 g/mol. The molecule has 0 saturated carbocycles. The molecule has 1 aromatic heterocycles. The van der Waals surface area contributed by atoms with Crippen molar-refractivity contribution in [2.45, 2.75) is 20.3 Å². The van der Waals surface area contributed by atoms with E-state index in [4.69, 9.17) is 0 Å². The van der Waals surface area contributed by atoms with Crippen molar-refractivity contribution in [2.24, 2.45) is 7.05 Å². The zero-order valence-corrected chi connectivity index (χ0v) is 13.2. The Balaban J connectivity index is 1.83. The Hall–Kier alpha value is -2.55. The second-order valence-electron chi connectivity index (χ2n) is 5.83. The number of amides is 1. The Morgan fingerprint density at radius 3 is 2.73 bits per heavy atom. The molecule has 2 aromatic carbocycles. The minimum atomic E-state index is 0.0186. The van der Waals surface area contributed by atoms with E-state index in [0.717, 1.165) is 33.3 Å². The van der Waals surface area contributed by atoms with Crippen molar-refractivity contribution >= 4 is 22.5 Å². The fourth-order valence-electron chi connectivity index (χ4n) is 2.80. The lowest BCUT2D eigenvalue weighted by Crippen LogP contribution is -2.15. The van der Waals surface area contributed by atoms with Crippen molar-refractivity contribution < 1.29 is 4.79 Å². The van der Waals surface area contributed by atoms with Crippen molar-refractivity contribution in [2.75, 3.05) is 5.32 Å². The van der Waals surface area contributed by atoms with Gasteiger partial charge in [-0.25, -0.2) is 0 Å². The smallest absolute Gasteiger partial charge is 0.228 e. The van der Waals surface area contributed by atoms with Gasteiger partial charge in [0.05, 0.1) is 6.42 Å². The maximum atomic E-state index is 12.4. The Morgan fingerprint density at radius 1 is 1.14 bits per heavy atom. The highest BCUT2D eigenvalue weighted by atomic mass is 16.1. The summed E-state index contributed by atoms with van der Waals surface area (Å²) in [7, 11) is 2.01. The molecule has 0 bridgehead atoms. The molecule has 0 spiro atoms. The Labute approximate surface area is 130 Å². The molecule has 3 heteroatoms. The van der Waals surface area contributed by atoms with Crippen molar-refractivity contribution in [1.82, 2.24) is 4.57 Å². The second-order valence-corrected chi connectivity index (χ2v) is 5.83. The molecular formula is C19H20N2O. The lowest BCUT2D eigenvalue weighted by Gasteiger charge is -2.09. The van der Waals surface area contributed by atoms with Crippen molar-refractivity contribution in [3.8, 4) is 0 Å². The first-order valence-corrected chi connectivity index (χ1v) is 7.44. The number of nitrogens with zero attached hydrogens (tertiary/aromatic N) is 1. The van der Waals surface area contributed by atoms with Gasteiger partial charge in [-0.1, -0.05) is 30.3 Å². The van der Waals surface area contributed by atoms with Crippen molar-refractivity contribution in [3.05, 3.63) is 65.4 Å². The average Bonchev–Trinajstić information content (AvgIpc) is 2.80. The summed E-state index contributed by atoms with van der Waals surface area (Å²) >= 11 is 0. The predicted octanol–water partition coefficient (Wildman–Crippen LogP) is 3.98. The molecule has 3 rings (SSSR count). The van der Waals surface area contributed by atoms with Gasteiger partial charge in [-0.15, -0.1) is 0 Å². The third-order valence-electron chi connectivity index (χ3n) is 4.00. The highest BCUT2D eigenvalue weighted by Gasteiger charge is 2.11. The zero-order valence-electron chi connectivity index (χ0n) is 13.2. The number of para-hydroxylation sites is 1. The first-order valence-electron chi connectivity index (χ1n) is 7.44. The number of carbonyl (C=O) groups is 1. The number of benzene rings is 2. The van der Waals surface area contributed by atoms with Crippen molar-refractivity contribution in [3.63, 3.8) is 0 Å². The number of hydrogen-bond donors (Lipinski definition) is 1. The van der Waals surface area contributed by atoms with E-state index in [2.05, 4.69) is 28.1 Å². The highest BCUT2D eigenvalue weighted by molar-refractivity contribution is 5.96. The molecular weight excluding hydrogens is 272 g/mol. The fraction of sp³-hybridized carbons (Fsp3) is 0.211. The van der Waals surface area contributed by atoms with Crippen LogP contribution in [-0.4, -0.2) is 10.5 Å². The van der Waals surface area contributed by atoms with Gasteiger partial charge in [0, 0.05) is 29.8 Å². The van der Waals surface area contributed by atoms with Crippen LogP contribution in [0.2, 0.25) is 0 Å². The van der Waals surface area contributed by atoms with Gasteiger partial charge >= 0.3 is 0 Å². The first kappa shape index (κ1) is 14.4. The van der Waals surface area contributed by atoms with Gasteiger partial charge < -0.3 is 9.88 Å². The third kappa shape index (κ3) is 2.75. The summed E-state index contributed by atoms with van der Waals surface area (Å²) in [5.41, 5.74) is 5.33. The van der Waals surface area contributed by atoms with Gasteiger partial charge in [0.2, 0.25) is 5.91 Å². The van der Waals surface area contributed by atoms with Crippen LogP contribution in [-0.2, 0) is 18.3 Å². The standard InChI is InChI=1S/C19H20N2O/c1-13-8-9-14(2)17(10-13)20-19(22)11-15-12-21(3)18-7-5-4-6-16(15)18/h4-10,12H,11H2,1-3H3,(H,20,22). The SMILES string of the molecule is Cc1ccc(C)c(NC(=O)Cc2cn(C)c3ccccc23)c1. The van der Waals surface area contributed by atoms with E-state index in [1.54, 1.807) is 0 Å². The number of nitrogens with one attached hydrogen (secondary N) is 1. The largest absolute Gasteiger partial charge is 0.350 e. The normalized spacial score (nSPS) is 10.9. The molecule has 0 fully saturated rings. The van der Waals surface area contributed by atoms with Crippen LogP contribution in [0.3, 0.4) is 0 Å². The van der Waals surface area contributed by atoms with Gasteiger partial charge in [0.15, 0.2) is 0 Å². The van der Waals surface area contributed by atoms with Gasteiger partial charge in [0.1, 0.15) is 0 Å². The zero-order chi connectivity index (χ0) is 15.7. The summed E-state index contributed by atoms with van der Waals surface area (Å²) in [6.45, 7) is 4.03. The molecule has 0 atom stereocenters.